The summed E-state index contributed by atoms with van der Waals surface area (Å²) in [7, 11) is 0. The van der Waals surface area contributed by atoms with Gasteiger partial charge in [0.25, 0.3) is 0 Å². The van der Waals surface area contributed by atoms with Gasteiger partial charge in [-0.05, 0) is 42.0 Å². The Bertz CT molecular complexity index is 1300. The monoisotopic (exact) mass is 500 g/mol. The van der Waals surface area contributed by atoms with Crippen molar-refractivity contribution in [3.8, 4) is 23.3 Å². The van der Waals surface area contributed by atoms with E-state index >= 15 is 0 Å². The van der Waals surface area contributed by atoms with Gasteiger partial charge in [-0.25, -0.2) is 4.79 Å². The molecule has 0 amide bonds. The van der Waals surface area contributed by atoms with Crippen molar-refractivity contribution >= 4 is 40.8 Å². The van der Waals surface area contributed by atoms with Gasteiger partial charge >= 0.3 is 5.97 Å². The first-order valence-electron chi connectivity index (χ1n) is 9.61. The summed E-state index contributed by atoms with van der Waals surface area (Å²) >= 11 is 17.9. The molecule has 0 aliphatic carbocycles. The number of halogens is 3. The molecule has 3 aromatic carbocycles. The van der Waals surface area contributed by atoms with E-state index in [2.05, 4.69) is 6.07 Å². The predicted octanol–water partition coefficient (Wildman–Crippen LogP) is 5.85. The standard InChI is InChI=1S/C24H15Cl3N2O4/c25-14-3-1-13(2-4-14)23-17-7-6-16(10-21(17)33-24(29)18(23)11-28)32-22(30)12-31-20-8-5-15(26)9-19(20)27/h1-10,23H,12,29H2. The molecule has 1 aliphatic rings. The van der Waals surface area contributed by atoms with E-state index in [4.69, 9.17) is 54.7 Å². The summed E-state index contributed by atoms with van der Waals surface area (Å²) in [4.78, 5) is 12.3. The summed E-state index contributed by atoms with van der Waals surface area (Å²) in [6.07, 6.45) is 0. The maximum atomic E-state index is 12.3. The Kier molecular flexibility index (Phi) is 6.66. The normalized spacial score (nSPS) is 14.7. The van der Waals surface area contributed by atoms with E-state index in [9.17, 15) is 10.1 Å². The summed E-state index contributed by atoms with van der Waals surface area (Å²) in [5.74, 6) is -0.205. The number of esters is 1. The zero-order valence-corrected chi connectivity index (χ0v) is 19.1. The smallest absolute Gasteiger partial charge is 0.349 e. The first-order valence-corrected chi connectivity index (χ1v) is 10.7. The van der Waals surface area contributed by atoms with E-state index in [1.165, 1.54) is 12.1 Å². The third-order valence-corrected chi connectivity index (χ3v) is 5.65. The molecule has 6 nitrogen and oxygen atoms in total. The lowest BCUT2D eigenvalue weighted by Crippen LogP contribution is -2.21. The third kappa shape index (κ3) is 5.01. The Morgan fingerprint density at radius 1 is 1.03 bits per heavy atom. The number of hydrogen-bond acceptors (Lipinski definition) is 6. The largest absolute Gasteiger partial charge is 0.480 e. The molecule has 0 saturated carbocycles. The molecule has 0 saturated heterocycles. The van der Waals surface area contributed by atoms with E-state index in [0.717, 1.165) is 5.56 Å². The van der Waals surface area contributed by atoms with Gasteiger partial charge in [-0.1, -0.05) is 53.0 Å². The summed E-state index contributed by atoms with van der Waals surface area (Å²) < 4.78 is 16.4. The number of benzene rings is 3. The number of nitrogens with zero attached hydrogens (tertiary/aromatic N) is 1. The van der Waals surface area contributed by atoms with Crippen molar-refractivity contribution < 1.29 is 19.0 Å². The SMILES string of the molecule is N#CC1=C(N)Oc2cc(OC(=O)COc3ccc(Cl)cc3Cl)ccc2C1c1ccc(Cl)cc1. The van der Waals surface area contributed by atoms with Gasteiger partial charge in [-0.2, -0.15) is 5.26 Å². The van der Waals surface area contributed by atoms with Gasteiger partial charge in [0, 0.05) is 21.7 Å². The Morgan fingerprint density at radius 3 is 2.45 bits per heavy atom. The van der Waals surface area contributed by atoms with Crippen LogP contribution in [-0.2, 0) is 4.79 Å². The molecule has 1 aliphatic heterocycles. The number of fused-ring (bicyclic) bond motifs is 1. The van der Waals surface area contributed by atoms with Crippen LogP contribution in [0.4, 0.5) is 0 Å². The van der Waals surface area contributed by atoms with E-state index in [1.807, 2.05) is 12.1 Å². The van der Waals surface area contributed by atoms with E-state index in [-0.39, 0.29) is 28.8 Å². The summed E-state index contributed by atoms with van der Waals surface area (Å²) in [6.45, 7) is -0.368. The summed E-state index contributed by atoms with van der Waals surface area (Å²) in [5, 5.41) is 10.9. The van der Waals surface area contributed by atoms with Crippen LogP contribution in [0.2, 0.25) is 15.1 Å². The molecule has 4 rings (SSSR count). The molecule has 9 heteroatoms. The minimum Gasteiger partial charge on any atom is -0.480 e. The number of nitriles is 1. The zero-order chi connectivity index (χ0) is 23.5. The molecule has 33 heavy (non-hydrogen) atoms. The van der Waals surface area contributed by atoms with Crippen LogP contribution in [0.5, 0.6) is 17.2 Å². The number of nitrogens with two attached hydrogens (primary N) is 1. The van der Waals surface area contributed by atoms with E-state index in [0.29, 0.717) is 27.1 Å². The molecule has 0 bridgehead atoms. The van der Waals surface area contributed by atoms with Crippen LogP contribution >= 0.6 is 34.8 Å². The maximum absolute atomic E-state index is 12.3. The van der Waals surface area contributed by atoms with Crippen molar-refractivity contribution in [3.63, 3.8) is 0 Å². The highest BCUT2D eigenvalue weighted by atomic mass is 35.5. The van der Waals surface area contributed by atoms with Crippen molar-refractivity contribution in [3.05, 3.63) is 98.3 Å². The molecular formula is C24H15Cl3N2O4. The first kappa shape index (κ1) is 22.8. The van der Waals surface area contributed by atoms with Gasteiger partial charge in [0.05, 0.1) is 10.9 Å². The van der Waals surface area contributed by atoms with Crippen molar-refractivity contribution in [1.29, 1.82) is 5.26 Å². The van der Waals surface area contributed by atoms with Gasteiger partial charge < -0.3 is 19.9 Å². The lowest BCUT2D eigenvalue weighted by atomic mass is 9.83. The molecular weight excluding hydrogens is 487 g/mol. The highest BCUT2D eigenvalue weighted by Gasteiger charge is 2.31. The fourth-order valence-electron chi connectivity index (χ4n) is 3.39. The van der Waals surface area contributed by atoms with Gasteiger partial charge in [-0.15, -0.1) is 0 Å². The number of allylic oxidation sites excluding steroid dienone is 1. The fourth-order valence-corrected chi connectivity index (χ4v) is 3.98. The molecule has 166 valence electrons. The average Bonchev–Trinajstić information content (AvgIpc) is 2.78. The van der Waals surface area contributed by atoms with Crippen LogP contribution in [0, 0.1) is 11.3 Å². The third-order valence-electron chi connectivity index (χ3n) is 4.87. The molecule has 0 fully saturated rings. The number of hydrogen-bond donors (Lipinski definition) is 1. The van der Waals surface area contributed by atoms with Crippen LogP contribution in [0.25, 0.3) is 0 Å². The van der Waals surface area contributed by atoms with Crippen LogP contribution < -0.4 is 19.9 Å². The van der Waals surface area contributed by atoms with E-state index < -0.39 is 11.9 Å². The number of ether oxygens (including phenoxy) is 3. The second-order valence-corrected chi connectivity index (χ2v) is 8.29. The van der Waals surface area contributed by atoms with Gasteiger partial charge in [0.2, 0.25) is 5.88 Å². The van der Waals surface area contributed by atoms with Gasteiger partial charge in [0.15, 0.2) is 6.61 Å². The lowest BCUT2D eigenvalue weighted by molar-refractivity contribution is -0.136. The Hall–Kier alpha value is -3.37. The van der Waals surface area contributed by atoms with Crippen LogP contribution in [0.1, 0.15) is 17.0 Å². The molecule has 1 unspecified atom stereocenters. The number of carbonyl (C=O) groups is 1. The lowest BCUT2D eigenvalue weighted by Gasteiger charge is -2.26. The van der Waals surface area contributed by atoms with Crippen LogP contribution in [0.15, 0.2) is 72.1 Å². The highest BCUT2D eigenvalue weighted by molar-refractivity contribution is 6.35. The molecule has 3 aromatic rings. The Balaban J connectivity index is 1.53. The summed E-state index contributed by atoms with van der Waals surface area (Å²) in [6, 6.07) is 18.8. The number of rotatable bonds is 5. The van der Waals surface area contributed by atoms with Gasteiger partial charge in [0.1, 0.15) is 28.9 Å². The number of carbonyl (C=O) groups excluding carboxylic acids is 1. The van der Waals surface area contributed by atoms with E-state index in [1.54, 1.807) is 36.4 Å². The van der Waals surface area contributed by atoms with Crippen molar-refractivity contribution in [2.24, 2.45) is 5.73 Å². The average molecular weight is 502 g/mol. The minimum atomic E-state index is -0.646. The van der Waals surface area contributed by atoms with Crippen LogP contribution in [0.3, 0.4) is 0 Å². The Morgan fingerprint density at radius 2 is 1.76 bits per heavy atom. The first-order chi connectivity index (χ1) is 15.9. The minimum absolute atomic E-state index is 0.0193. The predicted molar refractivity (Wildman–Crippen MR) is 125 cm³/mol. The molecule has 0 radical (unpaired) electrons. The Labute approximate surface area is 204 Å². The van der Waals surface area contributed by atoms with Crippen molar-refractivity contribution in [2.75, 3.05) is 6.61 Å². The fraction of sp³-hybridized carbons (Fsp3) is 0.0833. The van der Waals surface area contributed by atoms with Crippen LogP contribution in [-0.4, -0.2) is 12.6 Å². The maximum Gasteiger partial charge on any atom is 0.349 e. The molecule has 0 spiro atoms. The second-order valence-electron chi connectivity index (χ2n) is 7.01. The zero-order valence-electron chi connectivity index (χ0n) is 16.8. The topological polar surface area (TPSA) is 94.6 Å². The van der Waals surface area contributed by atoms with Gasteiger partial charge in [-0.3, -0.25) is 0 Å². The second kappa shape index (κ2) is 9.63. The molecule has 1 heterocycles. The highest BCUT2D eigenvalue weighted by Crippen LogP contribution is 2.43. The summed E-state index contributed by atoms with van der Waals surface area (Å²) in [5.41, 5.74) is 7.81. The molecule has 1 atom stereocenters. The molecule has 2 N–H and O–H groups in total. The molecule has 0 aromatic heterocycles. The van der Waals surface area contributed by atoms with Crippen molar-refractivity contribution in [2.45, 2.75) is 5.92 Å². The quantitative estimate of drug-likeness (QED) is 0.348. The van der Waals surface area contributed by atoms with Crippen molar-refractivity contribution in [1.82, 2.24) is 0 Å².